The third kappa shape index (κ3) is 4.11. The zero-order valence-corrected chi connectivity index (χ0v) is 15.1. The van der Waals surface area contributed by atoms with E-state index in [1.54, 1.807) is 24.3 Å². The molecule has 2 N–H and O–H groups in total. The van der Waals surface area contributed by atoms with Crippen LogP contribution in [0.5, 0.6) is 0 Å². The molecular weight excluding hydrogens is 342 g/mol. The summed E-state index contributed by atoms with van der Waals surface area (Å²) in [5, 5.41) is 5.83. The first kappa shape index (κ1) is 17.5. The van der Waals surface area contributed by atoms with Crippen LogP contribution in [0.3, 0.4) is 0 Å². The highest BCUT2D eigenvalue weighted by Crippen LogP contribution is 2.21. The van der Waals surface area contributed by atoms with Crippen LogP contribution in [0.25, 0.3) is 0 Å². The van der Waals surface area contributed by atoms with Crippen molar-refractivity contribution in [1.29, 1.82) is 0 Å². The van der Waals surface area contributed by atoms with Crippen LogP contribution in [-0.4, -0.2) is 36.6 Å². The van der Waals surface area contributed by atoms with Gasteiger partial charge >= 0.3 is 6.03 Å². The lowest BCUT2D eigenvalue weighted by Gasteiger charge is -2.29. The van der Waals surface area contributed by atoms with Gasteiger partial charge in [-0.05, 0) is 48.2 Å². The summed E-state index contributed by atoms with van der Waals surface area (Å²) in [6.45, 7) is 2.46. The second-order valence-electron chi connectivity index (χ2n) is 7.00. The Morgan fingerprint density at radius 3 is 2.37 bits per heavy atom. The van der Waals surface area contributed by atoms with E-state index in [1.165, 1.54) is 11.1 Å². The second-order valence-corrected chi connectivity index (χ2v) is 7.00. The number of ether oxygens (including phenoxy) is 1. The topological polar surface area (TPSA) is 70.7 Å². The number of carbonyl (C=O) groups excluding carboxylic acids is 2. The van der Waals surface area contributed by atoms with Crippen molar-refractivity contribution in [2.45, 2.75) is 19.4 Å². The largest absolute Gasteiger partial charge is 0.381 e. The van der Waals surface area contributed by atoms with E-state index in [0.717, 1.165) is 18.5 Å². The van der Waals surface area contributed by atoms with Crippen LogP contribution < -0.4 is 10.6 Å². The summed E-state index contributed by atoms with van der Waals surface area (Å²) < 4.78 is 5.25. The summed E-state index contributed by atoms with van der Waals surface area (Å²) in [5.41, 5.74) is 3.94. The van der Waals surface area contributed by atoms with Crippen molar-refractivity contribution in [3.05, 3.63) is 59.7 Å². The molecule has 0 bridgehead atoms. The number of benzene rings is 2. The summed E-state index contributed by atoms with van der Waals surface area (Å²) in [4.78, 5) is 26.5. The maximum absolute atomic E-state index is 12.5. The summed E-state index contributed by atoms with van der Waals surface area (Å²) in [5.74, 6) is -0.0948. The number of amides is 3. The minimum absolute atomic E-state index is 0.0173. The van der Waals surface area contributed by atoms with E-state index in [-0.39, 0.29) is 17.9 Å². The quantitative estimate of drug-likeness (QED) is 0.877. The van der Waals surface area contributed by atoms with Crippen LogP contribution in [0.2, 0.25) is 0 Å². The average molecular weight is 365 g/mol. The molecule has 2 heterocycles. The first-order valence-electron chi connectivity index (χ1n) is 9.30. The van der Waals surface area contributed by atoms with Crippen molar-refractivity contribution in [2.24, 2.45) is 5.92 Å². The van der Waals surface area contributed by atoms with Gasteiger partial charge in [-0.3, -0.25) is 4.79 Å². The summed E-state index contributed by atoms with van der Waals surface area (Å²) in [6.07, 6.45) is 1.64. The number of rotatable bonds is 3. The molecule has 2 aromatic rings. The zero-order valence-electron chi connectivity index (χ0n) is 15.1. The molecule has 0 saturated carbocycles. The van der Waals surface area contributed by atoms with Gasteiger partial charge in [0.25, 0.3) is 0 Å². The van der Waals surface area contributed by atoms with Crippen molar-refractivity contribution in [1.82, 2.24) is 4.90 Å². The standard InChI is InChI=1S/C21H23N3O3/c25-20(17-10-12-27-14-17)22-18-5-7-19(8-6-18)23-21(26)24-11-9-15-3-1-2-4-16(15)13-24/h1-8,17H,9-14H2,(H,22,25)(H,23,26)/t17-/m1/s1. The molecule has 1 saturated heterocycles. The molecule has 0 aliphatic carbocycles. The maximum atomic E-state index is 12.5. The number of nitrogens with one attached hydrogen (secondary N) is 2. The number of nitrogens with zero attached hydrogens (tertiary/aromatic N) is 1. The van der Waals surface area contributed by atoms with Gasteiger partial charge in [0, 0.05) is 31.1 Å². The first-order valence-corrected chi connectivity index (χ1v) is 9.30. The van der Waals surface area contributed by atoms with E-state index >= 15 is 0 Å². The SMILES string of the molecule is O=C(Nc1ccc(NC(=O)N2CCc3ccccc3C2)cc1)[C@@H]1CCOC1. The highest BCUT2D eigenvalue weighted by molar-refractivity contribution is 5.93. The minimum atomic E-state index is -0.107. The number of urea groups is 1. The van der Waals surface area contributed by atoms with Crippen molar-refractivity contribution >= 4 is 23.3 Å². The van der Waals surface area contributed by atoms with E-state index < -0.39 is 0 Å². The lowest BCUT2D eigenvalue weighted by Crippen LogP contribution is -2.38. The Bertz CT molecular complexity index is 829. The molecule has 0 aromatic heterocycles. The van der Waals surface area contributed by atoms with E-state index in [0.29, 0.717) is 32.0 Å². The molecule has 1 atom stereocenters. The number of anilines is 2. The predicted molar refractivity (Wildman–Crippen MR) is 104 cm³/mol. The van der Waals surface area contributed by atoms with Gasteiger partial charge in [-0.2, -0.15) is 0 Å². The van der Waals surface area contributed by atoms with E-state index in [4.69, 9.17) is 4.74 Å². The number of carbonyl (C=O) groups is 2. The van der Waals surface area contributed by atoms with E-state index in [9.17, 15) is 9.59 Å². The van der Waals surface area contributed by atoms with Gasteiger partial charge in [0.1, 0.15) is 0 Å². The first-order chi connectivity index (χ1) is 13.2. The van der Waals surface area contributed by atoms with Crippen molar-refractivity contribution in [3.8, 4) is 0 Å². The highest BCUT2D eigenvalue weighted by atomic mass is 16.5. The van der Waals surface area contributed by atoms with Gasteiger partial charge in [-0.25, -0.2) is 4.79 Å². The fourth-order valence-corrected chi connectivity index (χ4v) is 3.49. The van der Waals surface area contributed by atoms with Crippen LogP contribution in [0.15, 0.2) is 48.5 Å². The highest BCUT2D eigenvalue weighted by Gasteiger charge is 2.23. The lowest BCUT2D eigenvalue weighted by molar-refractivity contribution is -0.119. The monoisotopic (exact) mass is 365 g/mol. The van der Waals surface area contributed by atoms with Gasteiger partial charge in [-0.15, -0.1) is 0 Å². The Morgan fingerprint density at radius 1 is 0.963 bits per heavy atom. The van der Waals surface area contributed by atoms with Crippen LogP contribution in [0.1, 0.15) is 17.5 Å². The van der Waals surface area contributed by atoms with Gasteiger partial charge < -0.3 is 20.3 Å². The van der Waals surface area contributed by atoms with Gasteiger partial charge in [0.15, 0.2) is 0 Å². The molecule has 4 rings (SSSR count). The summed E-state index contributed by atoms with van der Waals surface area (Å²) >= 11 is 0. The molecule has 0 spiro atoms. The minimum Gasteiger partial charge on any atom is -0.381 e. The number of hydrogen-bond acceptors (Lipinski definition) is 3. The van der Waals surface area contributed by atoms with Gasteiger partial charge in [-0.1, -0.05) is 24.3 Å². The van der Waals surface area contributed by atoms with Crippen LogP contribution >= 0.6 is 0 Å². The van der Waals surface area contributed by atoms with Crippen molar-refractivity contribution in [3.63, 3.8) is 0 Å². The Labute approximate surface area is 158 Å². The molecular formula is C21H23N3O3. The molecule has 2 aliphatic rings. The van der Waals surface area contributed by atoms with Gasteiger partial charge in [0.2, 0.25) is 5.91 Å². The fourth-order valence-electron chi connectivity index (χ4n) is 3.49. The molecule has 0 unspecified atom stereocenters. The average Bonchev–Trinajstić information content (AvgIpc) is 3.24. The molecule has 6 heteroatoms. The molecule has 2 aliphatic heterocycles. The molecule has 0 radical (unpaired) electrons. The van der Waals surface area contributed by atoms with Crippen molar-refractivity contribution in [2.75, 3.05) is 30.4 Å². The summed E-state index contributed by atoms with van der Waals surface area (Å²) in [7, 11) is 0. The van der Waals surface area contributed by atoms with E-state index in [1.807, 2.05) is 17.0 Å². The Balaban J connectivity index is 1.33. The molecule has 2 aromatic carbocycles. The predicted octanol–water partition coefficient (Wildman–Crippen LogP) is 3.25. The third-order valence-electron chi connectivity index (χ3n) is 5.12. The Hall–Kier alpha value is -2.86. The lowest BCUT2D eigenvalue weighted by atomic mass is 10.0. The smallest absolute Gasteiger partial charge is 0.322 e. The van der Waals surface area contributed by atoms with Gasteiger partial charge in [0.05, 0.1) is 12.5 Å². The molecule has 6 nitrogen and oxygen atoms in total. The Kier molecular flexibility index (Phi) is 5.07. The number of hydrogen-bond donors (Lipinski definition) is 2. The van der Waals surface area contributed by atoms with E-state index in [2.05, 4.69) is 22.8 Å². The normalized spacial score (nSPS) is 18.7. The molecule has 140 valence electrons. The third-order valence-corrected chi connectivity index (χ3v) is 5.12. The zero-order chi connectivity index (χ0) is 18.6. The van der Waals surface area contributed by atoms with Crippen LogP contribution in [-0.2, 0) is 22.5 Å². The van der Waals surface area contributed by atoms with Crippen LogP contribution in [0, 0.1) is 5.92 Å². The molecule has 3 amide bonds. The van der Waals surface area contributed by atoms with Crippen LogP contribution in [0.4, 0.5) is 16.2 Å². The second kappa shape index (κ2) is 7.80. The maximum Gasteiger partial charge on any atom is 0.322 e. The summed E-state index contributed by atoms with van der Waals surface area (Å²) in [6, 6.07) is 15.3. The molecule has 1 fully saturated rings. The number of fused-ring (bicyclic) bond motifs is 1. The molecule has 27 heavy (non-hydrogen) atoms. The Morgan fingerprint density at radius 2 is 1.67 bits per heavy atom. The fraction of sp³-hybridized carbons (Fsp3) is 0.333. The van der Waals surface area contributed by atoms with Crippen molar-refractivity contribution < 1.29 is 14.3 Å².